The number of ether oxygens (including phenoxy) is 1. The van der Waals surface area contributed by atoms with Crippen molar-refractivity contribution < 1.29 is 22.3 Å². The molecule has 0 aliphatic carbocycles. The number of nitrogens with one attached hydrogen (secondary N) is 2. The van der Waals surface area contributed by atoms with Gasteiger partial charge in [-0.3, -0.25) is 9.52 Å². The van der Waals surface area contributed by atoms with Crippen LogP contribution in [0.2, 0.25) is 5.02 Å². The topological polar surface area (TPSA) is 84.5 Å². The number of hydrogen-bond donors (Lipinski definition) is 2. The number of sulfonamides is 1. The van der Waals surface area contributed by atoms with E-state index < -0.39 is 21.7 Å². The predicted molar refractivity (Wildman–Crippen MR) is 114 cm³/mol. The summed E-state index contributed by atoms with van der Waals surface area (Å²) >= 11 is 5.97. The van der Waals surface area contributed by atoms with Gasteiger partial charge in [0.1, 0.15) is 11.6 Å². The summed E-state index contributed by atoms with van der Waals surface area (Å²) in [6.07, 6.45) is 0. The van der Waals surface area contributed by atoms with Gasteiger partial charge in [0, 0.05) is 0 Å². The molecule has 3 aromatic rings. The van der Waals surface area contributed by atoms with E-state index in [1.54, 1.807) is 37.3 Å². The van der Waals surface area contributed by atoms with Crippen molar-refractivity contribution in [2.75, 3.05) is 16.6 Å². The lowest BCUT2D eigenvalue weighted by molar-refractivity contribution is 0.102. The van der Waals surface area contributed by atoms with Crippen LogP contribution in [0.5, 0.6) is 5.75 Å². The normalized spacial score (nSPS) is 11.0. The maximum Gasteiger partial charge on any atom is 0.262 e. The van der Waals surface area contributed by atoms with E-state index in [9.17, 15) is 17.6 Å². The minimum atomic E-state index is -4.08. The van der Waals surface area contributed by atoms with Gasteiger partial charge in [0.05, 0.1) is 33.5 Å². The van der Waals surface area contributed by atoms with Crippen LogP contribution in [0, 0.1) is 5.82 Å². The van der Waals surface area contributed by atoms with Gasteiger partial charge in [-0.25, -0.2) is 12.8 Å². The molecule has 0 fully saturated rings. The first-order valence-corrected chi connectivity index (χ1v) is 10.8. The van der Waals surface area contributed by atoms with E-state index in [-0.39, 0.29) is 26.9 Å². The highest BCUT2D eigenvalue weighted by molar-refractivity contribution is 7.92. The third-order valence-corrected chi connectivity index (χ3v) is 5.74. The van der Waals surface area contributed by atoms with Crippen molar-refractivity contribution in [1.82, 2.24) is 0 Å². The largest absolute Gasteiger partial charge is 0.492 e. The first-order valence-electron chi connectivity index (χ1n) is 8.92. The molecule has 0 spiro atoms. The van der Waals surface area contributed by atoms with Crippen LogP contribution in [0.25, 0.3) is 0 Å². The minimum absolute atomic E-state index is 0.171. The second-order valence-corrected chi connectivity index (χ2v) is 8.20. The molecule has 3 rings (SSSR count). The Labute approximate surface area is 178 Å². The Morgan fingerprint density at radius 1 is 1.03 bits per heavy atom. The zero-order valence-electron chi connectivity index (χ0n) is 15.9. The molecular weight excluding hydrogens is 431 g/mol. The maximum absolute atomic E-state index is 14.5. The van der Waals surface area contributed by atoms with Gasteiger partial charge in [-0.05, 0) is 49.4 Å². The second kappa shape index (κ2) is 9.15. The van der Waals surface area contributed by atoms with Gasteiger partial charge in [0.2, 0.25) is 0 Å². The van der Waals surface area contributed by atoms with Crippen molar-refractivity contribution in [1.29, 1.82) is 0 Å². The first-order chi connectivity index (χ1) is 14.3. The minimum Gasteiger partial charge on any atom is -0.492 e. The van der Waals surface area contributed by atoms with Gasteiger partial charge < -0.3 is 10.1 Å². The number of para-hydroxylation sites is 2. The van der Waals surface area contributed by atoms with Gasteiger partial charge in [-0.1, -0.05) is 35.9 Å². The number of carbonyl (C=O) groups is 1. The van der Waals surface area contributed by atoms with Gasteiger partial charge in [-0.2, -0.15) is 0 Å². The molecule has 3 aromatic carbocycles. The van der Waals surface area contributed by atoms with E-state index in [1.165, 1.54) is 30.3 Å². The lowest BCUT2D eigenvalue weighted by atomic mass is 10.2. The lowest BCUT2D eigenvalue weighted by Crippen LogP contribution is -2.16. The van der Waals surface area contributed by atoms with E-state index in [0.717, 1.165) is 6.07 Å². The van der Waals surface area contributed by atoms with Crippen molar-refractivity contribution in [2.24, 2.45) is 0 Å². The van der Waals surface area contributed by atoms with E-state index in [0.29, 0.717) is 12.4 Å². The molecule has 0 saturated carbocycles. The molecule has 0 atom stereocenters. The average molecular weight is 449 g/mol. The van der Waals surface area contributed by atoms with Gasteiger partial charge >= 0.3 is 0 Å². The quantitative estimate of drug-likeness (QED) is 0.536. The molecule has 2 N–H and O–H groups in total. The van der Waals surface area contributed by atoms with Crippen molar-refractivity contribution in [3.63, 3.8) is 0 Å². The van der Waals surface area contributed by atoms with Crippen molar-refractivity contribution in [2.45, 2.75) is 11.8 Å². The maximum atomic E-state index is 14.5. The highest BCUT2D eigenvalue weighted by Gasteiger charge is 2.19. The van der Waals surface area contributed by atoms with Gasteiger partial charge in [0.25, 0.3) is 15.9 Å². The van der Waals surface area contributed by atoms with E-state index in [1.807, 2.05) is 0 Å². The molecule has 0 saturated heterocycles. The monoisotopic (exact) mass is 448 g/mol. The molecule has 0 aliphatic heterocycles. The first kappa shape index (κ1) is 21.6. The van der Waals surface area contributed by atoms with E-state index in [4.69, 9.17) is 16.3 Å². The Bertz CT molecular complexity index is 1190. The SMILES string of the molecule is CCOc1ccccc1NS(=O)(=O)c1ccc(NC(=O)c2ccccc2Cl)c(F)c1. The van der Waals surface area contributed by atoms with Crippen LogP contribution in [0.1, 0.15) is 17.3 Å². The second-order valence-electron chi connectivity index (χ2n) is 6.11. The summed E-state index contributed by atoms with van der Waals surface area (Å²) < 4.78 is 47.7. The number of amides is 1. The molecule has 0 heterocycles. The molecule has 0 aliphatic rings. The zero-order chi connectivity index (χ0) is 21.7. The summed E-state index contributed by atoms with van der Waals surface area (Å²) in [6, 6.07) is 16.0. The molecule has 0 radical (unpaired) electrons. The number of hydrogen-bond acceptors (Lipinski definition) is 4. The molecule has 0 aromatic heterocycles. The fourth-order valence-corrected chi connectivity index (χ4v) is 3.94. The summed E-state index contributed by atoms with van der Waals surface area (Å²) in [5.74, 6) is -1.16. The van der Waals surface area contributed by atoms with Crippen LogP contribution in [0.15, 0.2) is 71.6 Å². The molecule has 9 heteroatoms. The molecule has 6 nitrogen and oxygen atoms in total. The number of anilines is 2. The zero-order valence-corrected chi connectivity index (χ0v) is 17.4. The highest BCUT2D eigenvalue weighted by Crippen LogP contribution is 2.28. The number of benzene rings is 3. The molecule has 0 bridgehead atoms. The van der Waals surface area contributed by atoms with Crippen LogP contribution in [0.3, 0.4) is 0 Å². The molecular formula is C21H18ClFN2O4S. The third-order valence-electron chi connectivity index (χ3n) is 4.05. The third kappa shape index (κ3) is 4.90. The van der Waals surface area contributed by atoms with E-state index in [2.05, 4.69) is 10.0 Å². The van der Waals surface area contributed by atoms with Crippen LogP contribution >= 0.6 is 11.6 Å². The van der Waals surface area contributed by atoms with Crippen molar-refractivity contribution >= 4 is 38.9 Å². The summed E-state index contributed by atoms with van der Waals surface area (Å²) in [5, 5.41) is 2.60. The molecule has 156 valence electrons. The van der Waals surface area contributed by atoms with E-state index >= 15 is 0 Å². The van der Waals surface area contributed by atoms with Gasteiger partial charge in [-0.15, -0.1) is 0 Å². The van der Waals surface area contributed by atoms with Crippen LogP contribution < -0.4 is 14.8 Å². The standard InChI is InChI=1S/C21H18ClFN2O4S/c1-2-29-20-10-6-5-9-19(20)25-30(27,28)14-11-12-18(17(23)13-14)24-21(26)15-7-3-4-8-16(15)22/h3-13,25H,2H2,1H3,(H,24,26). The summed E-state index contributed by atoms with van der Waals surface area (Å²) in [5.41, 5.74) is 0.230. The summed E-state index contributed by atoms with van der Waals surface area (Å²) in [7, 11) is -4.08. The van der Waals surface area contributed by atoms with Crippen LogP contribution in [0.4, 0.5) is 15.8 Å². The Morgan fingerprint density at radius 3 is 2.43 bits per heavy atom. The van der Waals surface area contributed by atoms with Crippen molar-refractivity contribution in [3.8, 4) is 5.75 Å². The van der Waals surface area contributed by atoms with Gasteiger partial charge in [0.15, 0.2) is 0 Å². The Balaban J connectivity index is 1.82. The van der Waals surface area contributed by atoms with Crippen molar-refractivity contribution in [3.05, 3.63) is 83.1 Å². The fraction of sp³-hybridized carbons (Fsp3) is 0.0952. The highest BCUT2D eigenvalue weighted by atomic mass is 35.5. The summed E-state index contributed by atoms with van der Waals surface area (Å²) in [6.45, 7) is 2.13. The Hall–Kier alpha value is -3.10. The predicted octanol–water partition coefficient (Wildman–Crippen LogP) is 4.93. The summed E-state index contributed by atoms with van der Waals surface area (Å²) in [4.78, 5) is 12.0. The van der Waals surface area contributed by atoms with Crippen LogP contribution in [-0.4, -0.2) is 20.9 Å². The Kier molecular flexibility index (Phi) is 6.59. The average Bonchev–Trinajstić information content (AvgIpc) is 2.71. The molecule has 0 unspecified atom stereocenters. The lowest BCUT2D eigenvalue weighted by Gasteiger charge is -2.13. The van der Waals surface area contributed by atoms with Crippen LogP contribution in [-0.2, 0) is 10.0 Å². The molecule has 1 amide bonds. The Morgan fingerprint density at radius 2 is 1.73 bits per heavy atom. The smallest absolute Gasteiger partial charge is 0.262 e. The number of carbonyl (C=O) groups excluding carboxylic acids is 1. The number of rotatable bonds is 7. The molecule has 30 heavy (non-hydrogen) atoms. The number of halogens is 2. The fourth-order valence-electron chi connectivity index (χ4n) is 2.64.